The highest BCUT2D eigenvalue weighted by Gasteiger charge is 2.14. The Morgan fingerprint density at radius 3 is 2.50 bits per heavy atom. The number of aryl methyl sites for hydroxylation is 1. The molecule has 26 heavy (non-hydrogen) atoms. The van der Waals surface area contributed by atoms with Crippen LogP contribution in [0.5, 0.6) is 0 Å². The number of hydrogen-bond acceptors (Lipinski definition) is 3. The van der Waals surface area contributed by atoms with Crippen LogP contribution in [-0.4, -0.2) is 24.4 Å². The Kier molecular flexibility index (Phi) is 8.22. The van der Waals surface area contributed by atoms with E-state index in [1.54, 1.807) is 31.2 Å². The van der Waals surface area contributed by atoms with Gasteiger partial charge in [0.25, 0.3) is 11.8 Å². The van der Waals surface area contributed by atoms with Gasteiger partial charge < -0.3 is 16.4 Å². The van der Waals surface area contributed by atoms with Crippen molar-refractivity contribution >= 4 is 29.9 Å². The molecule has 0 bridgehead atoms. The van der Waals surface area contributed by atoms with Gasteiger partial charge in [-0.25, -0.2) is 4.39 Å². The van der Waals surface area contributed by atoms with Gasteiger partial charge in [-0.3, -0.25) is 9.59 Å². The van der Waals surface area contributed by atoms with Gasteiger partial charge in [0.05, 0.1) is 5.56 Å². The topological polar surface area (TPSA) is 84.2 Å². The molecular formula is C19H23ClFN3O2. The molecule has 0 saturated carbocycles. The lowest BCUT2D eigenvalue weighted by Crippen LogP contribution is -2.29. The summed E-state index contributed by atoms with van der Waals surface area (Å²) in [6, 6.07) is 10.7. The van der Waals surface area contributed by atoms with E-state index in [1.807, 2.05) is 6.92 Å². The Morgan fingerprint density at radius 2 is 1.85 bits per heavy atom. The molecule has 2 amide bonds. The molecule has 0 heterocycles. The predicted octanol–water partition coefficient (Wildman–Crippen LogP) is 3.28. The maximum absolute atomic E-state index is 13.7. The molecule has 1 atom stereocenters. The summed E-state index contributed by atoms with van der Waals surface area (Å²) in [5, 5.41) is 5.44. The van der Waals surface area contributed by atoms with E-state index < -0.39 is 11.7 Å². The summed E-state index contributed by atoms with van der Waals surface area (Å²) in [7, 11) is 0. The van der Waals surface area contributed by atoms with Gasteiger partial charge in [0.1, 0.15) is 5.82 Å². The van der Waals surface area contributed by atoms with Crippen LogP contribution in [0, 0.1) is 12.7 Å². The quantitative estimate of drug-likeness (QED) is 0.720. The van der Waals surface area contributed by atoms with Crippen molar-refractivity contribution in [3.63, 3.8) is 0 Å². The second-order valence-electron chi connectivity index (χ2n) is 5.99. The van der Waals surface area contributed by atoms with Crippen LogP contribution in [-0.2, 0) is 0 Å². The zero-order chi connectivity index (χ0) is 18.4. The first-order chi connectivity index (χ1) is 11.9. The average molecular weight is 380 g/mol. The third-order valence-corrected chi connectivity index (χ3v) is 3.75. The van der Waals surface area contributed by atoms with E-state index in [2.05, 4.69) is 10.6 Å². The van der Waals surface area contributed by atoms with Gasteiger partial charge in [0.15, 0.2) is 0 Å². The van der Waals surface area contributed by atoms with Gasteiger partial charge in [-0.15, -0.1) is 12.4 Å². The van der Waals surface area contributed by atoms with Gasteiger partial charge in [-0.2, -0.15) is 0 Å². The maximum Gasteiger partial charge on any atom is 0.258 e. The second kappa shape index (κ2) is 9.89. The highest BCUT2D eigenvalue weighted by molar-refractivity contribution is 6.05. The number of carbonyl (C=O) groups excluding carboxylic acids is 2. The number of anilines is 1. The number of carbonyl (C=O) groups is 2. The maximum atomic E-state index is 13.7. The molecule has 0 radical (unpaired) electrons. The Labute approximate surface area is 158 Å². The van der Waals surface area contributed by atoms with Crippen molar-refractivity contribution in [2.45, 2.75) is 26.3 Å². The summed E-state index contributed by atoms with van der Waals surface area (Å²) >= 11 is 0. The number of amides is 2. The molecule has 7 heteroatoms. The molecular weight excluding hydrogens is 357 g/mol. The van der Waals surface area contributed by atoms with Crippen LogP contribution in [0.2, 0.25) is 0 Å². The summed E-state index contributed by atoms with van der Waals surface area (Å²) in [4.78, 5) is 24.4. The highest BCUT2D eigenvalue weighted by atomic mass is 35.5. The first-order valence-corrected chi connectivity index (χ1v) is 8.09. The Hall–Kier alpha value is -2.44. The minimum absolute atomic E-state index is 0. The molecule has 0 saturated heterocycles. The highest BCUT2D eigenvalue weighted by Crippen LogP contribution is 2.19. The predicted molar refractivity (Wildman–Crippen MR) is 103 cm³/mol. The van der Waals surface area contributed by atoms with Crippen molar-refractivity contribution in [3.8, 4) is 0 Å². The normalized spacial score (nSPS) is 11.2. The number of halogens is 2. The first kappa shape index (κ1) is 21.6. The zero-order valence-electron chi connectivity index (χ0n) is 14.7. The van der Waals surface area contributed by atoms with Crippen LogP contribution in [0.25, 0.3) is 0 Å². The van der Waals surface area contributed by atoms with Crippen molar-refractivity contribution in [2.24, 2.45) is 5.73 Å². The molecule has 0 aliphatic heterocycles. The van der Waals surface area contributed by atoms with Crippen LogP contribution >= 0.6 is 12.4 Å². The summed E-state index contributed by atoms with van der Waals surface area (Å²) < 4.78 is 13.7. The standard InChI is InChI=1S/C19H22FN3O2.ClH/c1-12-7-8-14(18(24)22-10-9-13(2)21)11-17(12)23-19(25)15-5-3-4-6-16(15)20;/h3-8,11,13H,9-10,21H2,1-2H3,(H,22,24)(H,23,25);1H. The summed E-state index contributed by atoms with van der Waals surface area (Å²) in [6.07, 6.45) is 0.675. The lowest BCUT2D eigenvalue weighted by atomic mass is 10.1. The van der Waals surface area contributed by atoms with E-state index in [9.17, 15) is 14.0 Å². The Morgan fingerprint density at radius 1 is 1.15 bits per heavy atom. The summed E-state index contributed by atoms with van der Waals surface area (Å²) in [5.41, 5.74) is 7.26. The third-order valence-electron chi connectivity index (χ3n) is 3.75. The smallest absolute Gasteiger partial charge is 0.258 e. The lowest BCUT2D eigenvalue weighted by molar-refractivity contribution is 0.0951. The first-order valence-electron chi connectivity index (χ1n) is 8.09. The molecule has 2 aromatic rings. The largest absolute Gasteiger partial charge is 0.352 e. The van der Waals surface area contributed by atoms with Crippen molar-refractivity contribution in [3.05, 3.63) is 65.0 Å². The molecule has 0 aliphatic carbocycles. The third kappa shape index (κ3) is 5.82. The van der Waals surface area contributed by atoms with Gasteiger partial charge in [0, 0.05) is 23.8 Å². The van der Waals surface area contributed by atoms with E-state index in [1.165, 1.54) is 18.2 Å². The van der Waals surface area contributed by atoms with Crippen LogP contribution in [0.15, 0.2) is 42.5 Å². The fourth-order valence-corrected chi connectivity index (χ4v) is 2.25. The monoisotopic (exact) mass is 379 g/mol. The van der Waals surface area contributed by atoms with Crippen LogP contribution < -0.4 is 16.4 Å². The van der Waals surface area contributed by atoms with Gasteiger partial charge in [-0.1, -0.05) is 18.2 Å². The van der Waals surface area contributed by atoms with E-state index in [4.69, 9.17) is 5.73 Å². The molecule has 1 unspecified atom stereocenters. The second-order valence-corrected chi connectivity index (χ2v) is 5.99. The molecule has 2 aromatic carbocycles. The van der Waals surface area contributed by atoms with Crippen LogP contribution in [0.3, 0.4) is 0 Å². The van der Waals surface area contributed by atoms with Crippen LogP contribution in [0.4, 0.5) is 10.1 Å². The van der Waals surface area contributed by atoms with Crippen molar-refractivity contribution < 1.29 is 14.0 Å². The number of nitrogens with two attached hydrogens (primary N) is 1. The van der Waals surface area contributed by atoms with Gasteiger partial charge in [0.2, 0.25) is 0 Å². The van der Waals surface area contributed by atoms with E-state index in [0.717, 1.165) is 5.56 Å². The number of benzene rings is 2. The Balaban J connectivity index is 0.00000338. The number of rotatable bonds is 6. The van der Waals surface area contributed by atoms with E-state index >= 15 is 0 Å². The molecule has 0 aromatic heterocycles. The van der Waals surface area contributed by atoms with Gasteiger partial charge >= 0.3 is 0 Å². The minimum Gasteiger partial charge on any atom is -0.352 e. The molecule has 4 N–H and O–H groups in total. The van der Waals surface area contributed by atoms with E-state index in [0.29, 0.717) is 24.2 Å². The zero-order valence-corrected chi connectivity index (χ0v) is 15.5. The Bertz CT molecular complexity index is 781. The molecule has 2 rings (SSSR count). The average Bonchev–Trinajstić information content (AvgIpc) is 2.56. The number of nitrogens with one attached hydrogen (secondary N) is 2. The van der Waals surface area contributed by atoms with E-state index in [-0.39, 0.29) is 29.9 Å². The fourth-order valence-electron chi connectivity index (χ4n) is 2.25. The number of hydrogen-bond donors (Lipinski definition) is 3. The molecule has 0 fully saturated rings. The minimum atomic E-state index is -0.595. The summed E-state index contributed by atoms with van der Waals surface area (Å²) in [5.74, 6) is -1.40. The lowest BCUT2D eigenvalue weighted by Gasteiger charge is -2.12. The fraction of sp³-hybridized carbons (Fsp3) is 0.263. The molecule has 0 aliphatic rings. The van der Waals surface area contributed by atoms with Crippen LogP contribution in [0.1, 0.15) is 39.6 Å². The molecule has 140 valence electrons. The summed E-state index contributed by atoms with van der Waals surface area (Å²) in [6.45, 7) is 4.14. The SMILES string of the molecule is Cc1ccc(C(=O)NCCC(C)N)cc1NC(=O)c1ccccc1F.Cl. The van der Waals surface area contributed by atoms with Gasteiger partial charge in [-0.05, 0) is 50.1 Å². The van der Waals surface area contributed by atoms with Crippen molar-refractivity contribution in [1.82, 2.24) is 5.32 Å². The molecule has 0 spiro atoms. The van der Waals surface area contributed by atoms with Crippen molar-refractivity contribution in [2.75, 3.05) is 11.9 Å². The molecule has 5 nitrogen and oxygen atoms in total. The van der Waals surface area contributed by atoms with Crippen molar-refractivity contribution in [1.29, 1.82) is 0 Å².